The summed E-state index contributed by atoms with van der Waals surface area (Å²) < 4.78 is 3.22. The lowest BCUT2D eigenvalue weighted by Crippen LogP contribution is -2.25. The summed E-state index contributed by atoms with van der Waals surface area (Å²) in [7, 11) is 0. The van der Waals surface area contributed by atoms with Crippen molar-refractivity contribution in [3.8, 4) is 0 Å². The van der Waals surface area contributed by atoms with Crippen LogP contribution in [0.2, 0.25) is 5.02 Å². The van der Waals surface area contributed by atoms with Gasteiger partial charge >= 0.3 is 0 Å². The molecule has 0 fully saturated rings. The highest BCUT2D eigenvalue weighted by Gasteiger charge is 2.17. The first kappa shape index (κ1) is 16.5. The molecule has 0 saturated carbocycles. The van der Waals surface area contributed by atoms with E-state index in [9.17, 15) is 0 Å². The van der Waals surface area contributed by atoms with E-state index in [0.29, 0.717) is 0 Å². The van der Waals surface area contributed by atoms with Crippen molar-refractivity contribution in [3.05, 3.63) is 51.5 Å². The van der Waals surface area contributed by atoms with Gasteiger partial charge in [-0.25, -0.2) is 4.98 Å². The molecule has 1 aromatic carbocycles. The van der Waals surface area contributed by atoms with Gasteiger partial charge in [0.25, 0.3) is 0 Å². The van der Waals surface area contributed by atoms with E-state index in [1.54, 1.807) is 0 Å². The number of hydrogen-bond donors (Lipinski definition) is 1. The van der Waals surface area contributed by atoms with Gasteiger partial charge in [0.2, 0.25) is 0 Å². The fraction of sp³-hybridized carbons (Fsp3) is 0.438. The number of halogens is 2. The average molecular weight is 371 g/mol. The van der Waals surface area contributed by atoms with Crippen LogP contribution in [0.1, 0.15) is 37.7 Å². The zero-order valence-corrected chi connectivity index (χ0v) is 14.8. The summed E-state index contributed by atoms with van der Waals surface area (Å²) >= 11 is 9.68. The van der Waals surface area contributed by atoms with Gasteiger partial charge < -0.3 is 9.88 Å². The first-order valence-corrected chi connectivity index (χ1v) is 8.51. The highest BCUT2D eigenvalue weighted by molar-refractivity contribution is 9.10. The lowest BCUT2D eigenvalue weighted by atomic mass is 10.0. The summed E-state index contributed by atoms with van der Waals surface area (Å²) in [5.41, 5.74) is 1.22. The molecule has 1 atom stereocenters. The van der Waals surface area contributed by atoms with Crippen LogP contribution in [0.5, 0.6) is 0 Å². The number of nitrogens with zero attached hydrogens (tertiary/aromatic N) is 2. The van der Waals surface area contributed by atoms with Crippen molar-refractivity contribution in [1.29, 1.82) is 0 Å². The predicted molar refractivity (Wildman–Crippen MR) is 91.8 cm³/mol. The quantitative estimate of drug-likeness (QED) is 0.772. The van der Waals surface area contributed by atoms with Crippen LogP contribution in [-0.2, 0) is 13.0 Å². The molecule has 1 N–H and O–H groups in total. The summed E-state index contributed by atoms with van der Waals surface area (Å²) in [5.74, 6) is 1.10. The van der Waals surface area contributed by atoms with E-state index in [2.05, 4.69) is 50.7 Å². The minimum atomic E-state index is 0.226. The number of benzene rings is 1. The normalized spacial score (nSPS) is 12.6. The van der Waals surface area contributed by atoms with E-state index < -0.39 is 0 Å². The van der Waals surface area contributed by atoms with Gasteiger partial charge in [0, 0.05) is 40.9 Å². The Kier molecular flexibility index (Phi) is 6.27. The number of aromatic nitrogens is 2. The molecule has 0 saturated heterocycles. The highest BCUT2D eigenvalue weighted by Crippen LogP contribution is 2.28. The van der Waals surface area contributed by atoms with Crippen LogP contribution in [0.3, 0.4) is 0 Å². The topological polar surface area (TPSA) is 29.9 Å². The van der Waals surface area contributed by atoms with Crippen LogP contribution in [0.25, 0.3) is 0 Å². The van der Waals surface area contributed by atoms with Crippen LogP contribution in [0.15, 0.2) is 35.1 Å². The molecular formula is C16H21BrClN3. The third-order valence-corrected chi connectivity index (χ3v) is 4.43. The number of aryl methyl sites for hydroxylation is 1. The Morgan fingerprint density at radius 3 is 2.86 bits per heavy atom. The van der Waals surface area contributed by atoms with Crippen LogP contribution in [0, 0.1) is 0 Å². The van der Waals surface area contributed by atoms with E-state index in [4.69, 9.17) is 11.6 Å². The van der Waals surface area contributed by atoms with Gasteiger partial charge in [-0.15, -0.1) is 0 Å². The Hall–Kier alpha value is -0.840. The van der Waals surface area contributed by atoms with E-state index in [-0.39, 0.29) is 6.04 Å². The first-order chi connectivity index (χ1) is 10.2. The largest absolute Gasteiger partial charge is 0.335 e. The predicted octanol–water partition coefficient (Wildman–Crippen LogP) is 4.60. The van der Waals surface area contributed by atoms with Gasteiger partial charge in [-0.1, -0.05) is 40.5 Å². The zero-order chi connectivity index (χ0) is 15.2. The molecule has 1 aromatic heterocycles. The summed E-state index contributed by atoms with van der Waals surface area (Å²) in [5, 5.41) is 4.35. The van der Waals surface area contributed by atoms with Crippen LogP contribution in [-0.4, -0.2) is 16.1 Å². The Morgan fingerprint density at radius 1 is 1.38 bits per heavy atom. The minimum absolute atomic E-state index is 0.226. The number of imidazole rings is 1. The third kappa shape index (κ3) is 4.31. The Balaban J connectivity index is 2.25. The van der Waals surface area contributed by atoms with Crippen molar-refractivity contribution in [2.45, 2.75) is 39.3 Å². The molecule has 114 valence electrons. The van der Waals surface area contributed by atoms with Gasteiger partial charge in [-0.3, -0.25) is 0 Å². The molecule has 0 aliphatic carbocycles. The lowest BCUT2D eigenvalue weighted by molar-refractivity contribution is 0.505. The Labute approximate surface area is 139 Å². The smallest absolute Gasteiger partial charge is 0.110 e. The average Bonchev–Trinajstić information content (AvgIpc) is 2.91. The van der Waals surface area contributed by atoms with Crippen molar-refractivity contribution < 1.29 is 0 Å². The number of rotatable bonds is 7. The standard InChI is InChI=1S/C16H21BrClN3/c1-3-7-19-15(11-16-20-8-9-21(16)4-2)13-6-5-12(18)10-14(13)17/h5-6,8-10,15,19H,3-4,7,11H2,1-2H3. The van der Waals surface area contributed by atoms with Crippen molar-refractivity contribution in [1.82, 2.24) is 14.9 Å². The van der Waals surface area contributed by atoms with Crippen molar-refractivity contribution >= 4 is 27.5 Å². The van der Waals surface area contributed by atoms with E-state index >= 15 is 0 Å². The summed E-state index contributed by atoms with van der Waals surface area (Å²) in [6.45, 7) is 6.23. The van der Waals surface area contributed by atoms with E-state index in [1.165, 1.54) is 5.56 Å². The molecule has 0 aliphatic rings. The molecule has 21 heavy (non-hydrogen) atoms. The second kappa shape index (κ2) is 7.97. The maximum Gasteiger partial charge on any atom is 0.110 e. The Morgan fingerprint density at radius 2 is 2.19 bits per heavy atom. The van der Waals surface area contributed by atoms with Gasteiger partial charge in [0.15, 0.2) is 0 Å². The van der Waals surface area contributed by atoms with E-state index in [1.807, 2.05) is 24.5 Å². The Bertz CT molecular complexity index is 583. The lowest BCUT2D eigenvalue weighted by Gasteiger charge is -2.20. The second-order valence-corrected chi connectivity index (χ2v) is 6.30. The fourth-order valence-corrected chi connectivity index (χ4v) is 3.35. The zero-order valence-electron chi connectivity index (χ0n) is 12.4. The third-order valence-electron chi connectivity index (χ3n) is 3.51. The molecule has 0 aliphatic heterocycles. The molecule has 0 amide bonds. The maximum absolute atomic E-state index is 6.05. The van der Waals surface area contributed by atoms with Crippen molar-refractivity contribution in [3.63, 3.8) is 0 Å². The molecular weight excluding hydrogens is 350 g/mol. The van der Waals surface area contributed by atoms with Gasteiger partial charge in [-0.05, 0) is 37.6 Å². The maximum atomic E-state index is 6.05. The van der Waals surface area contributed by atoms with Crippen LogP contribution in [0.4, 0.5) is 0 Å². The van der Waals surface area contributed by atoms with E-state index in [0.717, 1.165) is 41.3 Å². The minimum Gasteiger partial charge on any atom is -0.335 e. The fourth-order valence-electron chi connectivity index (χ4n) is 2.40. The molecule has 0 radical (unpaired) electrons. The molecule has 0 bridgehead atoms. The van der Waals surface area contributed by atoms with Gasteiger partial charge in [-0.2, -0.15) is 0 Å². The monoisotopic (exact) mass is 369 g/mol. The number of hydrogen-bond acceptors (Lipinski definition) is 2. The molecule has 1 unspecified atom stereocenters. The molecule has 2 aromatic rings. The highest BCUT2D eigenvalue weighted by atomic mass is 79.9. The van der Waals surface area contributed by atoms with Crippen LogP contribution >= 0.6 is 27.5 Å². The molecule has 3 nitrogen and oxygen atoms in total. The van der Waals surface area contributed by atoms with Crippen molar-refractivity contribution in [2.75, 3.05) is 6.54 Å². The molecule has 0 spiro atoms. The summed E-state index contributed by atoms with van der Waals surface area (Å²) in [6, 6.07) is 6.20. The first-order valence-electron chi connectivity index (χ1n) is 7.34. The summed E-state index contributed by atoms with van der Waals surface area (Å²) in [4.78, 5) is 4.49. The molecule has 1 heterocycles. The molecule has 5 heteroatoms. The van der Waals surface area contributed by atoms with Gasteiger partial charge in [0.1, 0.15) is 5.82 Å². The van der Waals surface area contributed by atoms with Crippen LogP contribution < -0.4 is 5.32 Å². The molecule has 2 rings (SSSR count). The van der Waals surface area contributed by atoms with Crippen molar-refractivity contribution in [2.24, 2.45) is 0 Å². The summed E-state index contributed by atoms with van der Waals surface area (Å²) in [6.07, 6.45) is 5.86. The SMILES string of the molecule is CCCNC(Cc1nccn1CC)c1ccc(Cl)cc1Br. The second-order valence-electron chi connectivity index (χ2n) is 5.01. The van der Waals surface area contributed by atoms with Gasteiger partial charge in [0.05, 0.1) is 0 Å². The number of nitrogens with one attached hydrogen (secondary N) is 1.